The first-order valence-corrected chi connectivity index (χ1v) is 8.10. The number of hydrogen-bond donors (Lipinski definition) is 1. The average molecular weight is 418 g/mol. The number of carbonyl (C=O) groups excluding carboxylic acids is 1. The van der Waals surface area contributed by atoms with Crippen LogP contribution >= 0.6 is 23.2 Å². The lowest BCUT2D eigenvalue weighted by molar-refractivity contribution is -0.143. The lowest BCUT2D eigenvalue weighted by atomic mass is 10.2. The summed E-state index contributed by atoms with van der Waals surface area (Å²) >= 11 is 11.5. The number of halogens is 6. The van der Waals surface area contributed by atoms with Gasteiger partial charge in [0, 0.05) is 10.0 Å². The number of carbonyl (C=O) groups is 1. The summed E-state index contributed by atoms with van der Waals surface area (Å²) in [6, 6.07) is 8.86. The molecule has 1 N–H and O–H groups in total. The molecule has 27 heavy (non-hydrogen) atoms. The van der Waals surface area contributed by atoms with Crippen LogP contribution in [0.3, 0.4) is 0 Å². The number of nitrogens with one attached hydrogen (secondary N) is 1. The summed E-state index contributed by atoms with van der Waals surface area (Å²) in [5.74, 6) is -2.03. The van der Waals surface area contributed by atoms with Gasteiger partial charge in [-0.05, 0) is 36.4 Å². The molecule has 0 fully saturated rings. The Kier molecular flexibility index (Phi) is 5.12. The molecule has 0 saturated carbocycles. The number of nitrogens with zero attached hydrogens (tertiary/aromatic N) is 2. The predicted octanol–water partition coefficient (Wildman–Crippen LogP) is 5.59. The number of hydrogen-bond acceptors (Lipinski definition) is 2. The third-order valence-electron chi connectivity index (χ3n) is 3.51. The van der Waals surface area contributed by atoms with Crippen molar-refractivity contribution in [1.82, 2.24) is 9.78 Å². The lowest BCUT2D eigenvalue weighted by Gasteiger charge is -2.13. The molecule has 0 radical (unpaired) electrons. The molecule has 0 aliphatic heterocycles. The van der Waals surface area contributed by atoms with Gasteiger partial charge in [0.15, 0.2) is 5.69 Å². The quantitative estimate of drug-likeness (QED) is 0.564. The maximum atomic E-state index is 13.8. The van der Waals surface area contributed by atoms with Crippen LogP contribution in [-0.4, -0.2) is 15.7 Å². The topological polar surface area (TPSA) is 46.9 Å². The maximum absolute atomic E-state index is 13.8. The predicted molar refractivity (Wildman–Crippen MR) is 92.9 cm³/mol. The molecule has 2 aromatic carbocycles. The highest BCUT2D eigenvalue weighted by atomic mass is 35.5. The van der Waals surface area contributed by atoms with E-state index < -0.39 is 29.2 Å². The first-order chi connectivity index (χ1) is 12.7. The zero-order chi connectivity index (χ0) is 19.8. The lowest BCUT2D eigenvalue weighted by Crippen LogP contribution is -2.21. The Hall–Kier alpha value is -2.58. The molecule has 4 nitrogen and oxygen atoms in total. The van der Waals surface area contributed by atoms with Gasteiger partial charge in [-0.3, -0.25) is 4.79 Å². The second kappa shape index (κ2) is 7.21. The van der Waals surface area contributed by atoms with Crippen molar-refractivity contribution in [2.24, 2.45) is 0 Å². The summed E-state index contributed by atoms with van der Waals surface area (Å²) in [4.78, 5) is 12.4. The van der Waals surface area contributed by atoms with Gasteiger partial charge < -0.3 is 5.32 Å². The first-order valence-electron chi connectivity index (χ1n) is 7.34. The minimum Gasteiger partial charge on any atom is -0.319 e. The summed E-state index contributed by atoms with van der Waals surface area (Å²) < 4.78 is 55.1. The Labute approximate surface area is 160 Å². The molecule has 0 bridgehead atoms. The van der Waals surface area contributed by atoms with E-state index in [1.807, 2.05) is 0 Å². The molecule has 0 atom stereocenters. The van der Waals surface area contributed by atoms with Crippen molar-refractivity contribution < 1.29 is 22.4 Å². The molecule has 0 aliphatic carbocycles. The van der Waals surface area contributed by atoms with Crippen LogP contribution in [0.1, 0.15) is 16.1 Å². The molecular formula is C17H9Cl2F4N3O. The number of benzene rings is 2. The van der Waals surface area contributed by atoms with Crippen LogP contribution in [0.2, 0.25) is 10.0 Å². The number of aromatic nitrogens is 2. The molecule has 0 saturated heterocycles. The fourth-order valence-corrected chi connectivity index (χ4v) is 2.73. The zero-order valence-corrected chi connectivity index (χ0v) is 14.7. The van der Waals surface area contributed by atoms with E-state index in [9.17, 15) is 22.4 Å². The monoisotopic (exact) mass is 417 g/mol. The van der Waals surface area contributed by atoms with Gasteiger partial charge in [-0.15, -0.1) is 0 Å². The van der Waals surface area contributed by atoms with Crippen molar-refractivity contribution in [3.8, 4) is 5.69 Å². The number of alkyl halides is 3. The summed E-state index contributed by atoms with van der Waals surface area (Å²) in [5, 5.41) is 6.04. The third kappa shape index (κ3) is 4.06. The summed E-state index contributed by atoms with van der Waals surface area (Å²) in [7, 11) is 0. The van der Waals surface area contributed by atoms with E-state index >= 15 is 0 Å². The molecular weight excluding hydrogens is 409 g/mol. The fourth-order valence-electron chi connectivity index (χ4n) is 2.37. The Balaban J connectivity index is 2.05. The molecule has 3 rings (SSSR count). The van der Waals surface area contributed by atoms with Crippen LogP contribution in [0.5, 0.6) is 0 Å². The van der Waals surface area contributed by atoms with Crippen LogP contribution in [0.15, 0.2) is 48.7 Å². The molecule has 0 spiro atoms. The van der Waals surface area contributed by atoms with Gasteiger partial charge in [-0.25, -0.2) is 9.07 Å². The van der Waals surface area contributed by atoms with Gasteiger partial charge in [0.05, 0.1) is 23.1 Å². The van der Waals surface area contributed by atoms with Gasteiger partial charge in [-0.2, -0.15) is 18.3 Å². The smallest absolute Gasteiger partial charge is 0.319 e. The molecule has 0 aliphatic rings. The highest BCUT2D eigenvalue weighted by molar-refractivity contribution is 6.31. The van der Waals surface area contributed by atoms with Crippen LogP contribution in [-0.2, 0) is 6.18 Å². The van der Waals surface area contributed by atoms with Crippen LogP contribution in [0.25, 0.3) is 5.69 Å². The number of anilines is 1. The second-order valence-electron chi connectivity index (χ2n) is 5.37. The van der Waals surface area contributed by atoms with E-state index in [0.29, 0.717) is 4.68 Å². The van der Waals surface area contributed by atoms with Crippen molar-refractivity contribution in [2.75, 3.05) is 5.32 Å². The minimum atomic E-state index is -4.90. The summed E-state index contributed by atoms with van der Waals surface area (Å²) in [6.07, 6.45) is -4.15. The second-order valence-corrected chi connectivity index (χ2v) is 6.25. The van der Waals surface area contributed by atoms with Gasteiger partial charge >= 0.3 is 6.18 Å². The molecule has 1 aromatic heterocycles. The van der Waals surface area contributed by atoms with Crippen molar-refractivity contribution in [2.45, 2.75) is 6.18 Å². The van der Waals surface area contributed by atoms with Crippen LogP contribution < -0.4 is 5.32 Å². The van der Waals surface area contributed by atoms with E-state index in [1.54, 1.807) is 0 Å². The van der Waals surface area contributed by atoms with Crippen molar-refractivity contribution in [3.63, 3.8) is 0 Å². The Morgan fingerprint density at radius 3 is 2.44 bits per heavy atom. The Morgan fingerprint density at radius 2 is 1.78 bits per heavy atom. The molecule has 3 aromatic rings. The molecule has 1 amide bonds. The fraction of sp³-hybridized carbons (Fsp3) is 0.0588. The van der Waals surface area contributed by atoms with Crippen molar-refractivity contribution >= 4 is 34.8 Å². The Bertz CT molecular complexity index is 1020. The summed E-state index contributed by atoms with van der Waals surface area (Å²) in [5.41, 5.74) is -2.43. The van der Waals surface area contributed by atoms with Gasteiger partial charge in [0.2, 0.25) is 0 Å². The van der Waals surface area contributed by atoms with E-state index in [-0.39, 0.29) is 21.4 Å². The van der Waals surface area contributed by atoms with Gasteiger partial charge in [-0.1, -0.05) is 29.3 Å². The van der Waals surface area contributed by atoms with Gasteiger partial charge in [0.25, 0.3) is 5.91 Å². The largest absolute Gasteiger partial charge is 0.434 e. The standard InChI is InChI=1S/C17H9Cl2F4N3O/c18-9-2-1-3-11(6-9)26-15(17(21,22)23)12(8-24-26)16(27)25-14-7-10(19)4-5-13(14)20/h1-8H,(H,25,27). The Morgan fingerprint density at radius 1 is 1.07 bits per heavy atom. The summed E-state index contributed by atoms with van der Waals surface area (Å²) in [6.45, 7) is 0. The minimum absolute atomic E-state index is 0.0165. The van der Waals surface area contributed by atoms with Crippen molar-refractivity contribution in [1.29, 1.82) is 0 Å². The molecule has 140 valence electrons. The molecule has 0 unspecified atom stereocenters. The molecule has 10 heteroatoms. The van der Waals surface area contributed by atoms with E-state index in [2.05, 4.69) is 10.4 Å². The number of rotatable bonds is 3. The third-order valence-corrected chi connectivity index (χ3v) is 3.98. The number of amides is 1. The molecule has 1 heterocycles. The normalized spacial score (nSPS) is 11.5. The van der Waals surface area contributed by atoms with Gasteiger partial charge in [0.1, 0.15) is 5.82 Å². The zero-order valence-electron chi connectivity index (χ0n) is 13.2. The van der Waals surface area contributed by atoms with E-state index in [1.165, 1.54) is 30.3 Å². The van der Waals surface area contributed by atoms with E-state index in [0.717, 1.165) is 18.3 Å². The maximum Gasteiger partial charge on any atom is 0.434 e. The van der Waals surface area contributed by atoms with Crippen LogP contribution in [0.4, 0.5) is 23.2 Å². The highest BCUT2D eigenvalue weighted by Crippen LogP contribution is 2.34. The highest BCUT2D eigenvalue weighted by Gasteiger charge is 2.40. The van der Waals surface area contributed by atoms with Crippen LogP contribution in [0, 0.1) is 5.82 Å². The first kappa shape index (κ1) is 19.2. The SMILES string of the molecule is O=C(Nc1cc(Cl)ccc1F)c1cnn(-c2cccc(Cl)c2)c1C(F)(F)F. The van der Waals surface area contributed by atoms with E-state index in [4.69, 9.17) is 23.2 Å². The average Bonchev–Trinajstić information content (AvgIpc) is 3.04. The van der Waals surface area contributed by atoms with Crippen molar-refractivity contribution in [3.05, 3.63) is 75.8 Å².